The van der Waals surface area contributed by atoms with Gasteiger partial charge in [-0.05, 0) is 23.8 Å². The summed E-state index contributed by atoms with van der Waals surface area (Å²) >= 11 is 0. The molecule has 3 aromatic rings. The molecule has 2 heterocycles. The van der Waals surface area contributed by atoms with Crippen LogP contribution in [0.4, 0.5) is 11.6 Å². The first-order chi connectivity index (χ1) is 14.0. The molecule has 0 bridgehead atoms. The first-order valence-electron chi connectivity index (χ1n) is 7.84. The summed E-state index contributed by atoms with van der Waals surface area (Å²) in [4.78, 5) is 20.5. The summed E-state index contributed by atoms with van der Waals surface area (Å²) in [6.07, 6.45) is 5.27. The molecule has 156 valence electrons. The van der Waals surface area contributed by atoms with Crippen LogP contribution in [0.1, 0.15) is 11.3 Å². The van der Waals surface area contributed by atoms with Crippen molar-refractivity contribution in [2.45, 2.75) is 0 Å². The van der Waals surface area contributed by atoms with E-state index in [0.29, 0.717) is 17.0 Å². The van der Waals surface area contributed by atoms with Gasteiger partial charge in [-0.25, -0.2) is 18.6 Å². The van der Waals surface area contributed by atoms with Crippen LogP contribution in [0.5, 0.6) is 0 Å². The summed E-state index contributed by atoms with van der Waals surface area (Å²) in [5.74, 6) is -0.0533. The summed E-state index contributed by atoms with van der Waals surface area (Å²) in [7, 11) is -4.94. The quantitative estimate of drug-likeness (QED) is 0.264. The summed E-state index contributed by atoms with van der Waals surface area (Å²) in [5.41, 5.74) is 1.23. The highest BCUT2D eigenvalue weighted by atomic mass is 35.7. The smallest absolute Gasteiger partial charge is 0.394 e. The zero-order valence-corrected chi connectivity index (χ0v) is 15.6. The Bertz CT molecular complexity index is 1040. The first kappa shape index (κ1) is 22.6. The minimum Gasteiger partial charge on any atom is -0.394 e. The molecule has 0 aliphatic heterocycles. The highest BCUT2D eigenvalue weighted by molar-refractivity contribution is 5.74. The Morgan fingerprint density at radius 2 is 1.43 bits per heavy atom. The molecule has 0 aliphatic rings. The Labute approximate surface area is 170 Å². The number of hydrogen-bond donors (Lipinski definition) is 0. The molecule has 0 amide bonds. The summed E-state index contributed by atoms with van der Waals surface area (Å²) in [5, 5.41) is 21.6. The Kier molecular flexibility index (Phi) is 7.30. The van der Waals surface area contributed by atoms with E-state index in [9.17, 15) is 20.2 Å². The van der Waals surface area contributed by atoms with Gasteiger partial charge in [-0.3, -0.25) is 20.2 Å². The van der Waals surface area contributed by atoms with E-state index in [1.165, 1.54) is 24.3 Å². The molecule has 0 aliphatic carbocycles. The lowest BCUT2D eigenvalue weighted by Crippen LogP contribution is -2.68. The molecular formula is C17H12ClN3O9. The van der Waals surface area contributed by atoms with Gasteiger partial charge in [0, 0.05) is 30.3 Å². The van der Waals surface area contributed by atoms with E-state index in [0.717, 1.165) is 0 Å². The second-order valence-electron chi connectivity index (χ2n) is 5.43. The lowest BCUT2D eigenvalue weighted by atomic mass is 10.1. The fourth-order valence-electron chi connectivity index (χ4n) is 2.25. The van der Waals surface area contributed by atoms with Gasteiger partial charge in [0.05, 0.1) is 11.0 Å². The van der Waals surface area contributed by atoms with E-state index in [1.807, 2.05) is 6.07 Å². The number of halogens is 1. The van der Waals surface area contributed by atoms with Crippen LogP contribution in [0.3, 0.4) is 0 Å². The van der Waals surface area contributed by atoms with Crippen LogP contribution in [0, 0.1) is 30.5 Å². The minimum atomic E-state index is -4.94. The molecule has 0 saturated heterocycles. The summed E-state index contributed by atoms with van der Waals surface area (Å²) in [6, 6.07) is 14.2. The van der Waals surface area contributed by atoms with Crippen LogP contribution in [0.2, 0.25) is 0 Å². The van der Waals surface area contributed by atoms with Crippen molar-refractivity contribution in [3.63, 3.8) is 0 Å². The maximum absolute atomic E-state index is 10.9. The van der Waals surface area contributed by atoms with Crippen molar-refractivity contribution < 1.29 is 47.7 Å². The SMILES string of the molecule is O=[N+]([O-])c1ccc(/C=C(/c2ccc([N+](=O)[O-])o2)[n+]2ccccc2)cc1.[O-][Cl+3]([O-])([O-])[O-]. The summed E-state index contributed by atoms with van der Waals surface area (Å²) in [6.45, 7) is 0. The van der Waals surface area contributed by atoms with Gasteiger partial charge in [0.25, 0.3) is 11.4 Å². The molecule has 0 radical (unpaired) electrons. The minimum absolute atomic E-state index is 0.0142. The van der Waals surface area contributed by atoms with Gasteiger partial charge in [-0.1, -0.05) is 6.07 Å². The number of nitrogens with zero attached hydrogens (tertiary/aromatic N) is 3. The number of nitro benzene ring substituents is 1. The normalized spacial score (nSPS) is 11.4. The number of aromatic nitrogens is 1. The fourth-order valence-corrected chi connectivity index (χ4v) is 2.25. The van der Waals surface area contributed by atoms with Crippen molar-refractivity contribution in [3.05, 3.63) is 98.5 Å². The molecule has 0 fully saturated rings. The largest absolute Gasteiger partial charge is 0.433 e. The van der Waals surface area contributed by atoms with E-state index in [4.69, 9.17) is 23.1 Å². The highest BCUT2D eigenvalue weighted by Crippen LogP contribution is 2.23. The van der Waals surface area contributed by atoms with Crippen LogP contribution in [-0.2, 0) is 0 Å². The number of benzene rings is 1. The monoisotopic (exact) mass is 437 g/mol. The van der Waals surface area contributed by atoms with Crippen molar-refractivity contribution in [3.8, 4) is 0 Å². The second-order valence-corrected chi connectivity index (χ2v) is 6.19. The Hall–Kier alpha value is -3.68. The number of nitro groups is 2. The van der Waals surface area contributed by atoms with E-state index >= 15 is 0 Å². The van der Waals surface area contributed by atoms with Crippen molar-refractivity contribution in [1.29, 1.82) is 0 Å². The van der Waals surface area contributed by atoms with Gasteiger partial charge in [-0.15, -0.1) is 10.2 Å². The number of non-ortho nitro benzene ring substituents is 1. The maximum Gasteiger partial charge on any atom is 0.433 e. The Morgan fingerprint density at radius 1 is 0.867 bits per heavy atom. The van der Waals surface area contributed by atoms with Crippen LogP contribution in [0.15, 0.2) is 71.4 Å². The number of rotatable bonds is 5. The molecule has 0 saturated carbocycles. The van der Waals surface area contributed by atoms with Gasteiger partial charge in [0.1, 0.15) is 4.92 Å². The topological polar surface area (TPSA) is 196 Å². The van der Waals surface area contributed by atoms with Gasteiger partial charge in [0.2, 0.25) is 5.76 Å². The van der Waals surface area contributed by atoms with Gasteiger partial charge in [0.15, 0.2) is 12.4 Å². The average Bonchev–Trinajstić information content (AvgIpc) is 3.16. The molecular weight excluding hydrogens is 426 g/mol. The Balaban J connectivity index is 0.000000575. The first-order valence-corrected chi connectivity index (χ1v) is 9.07. The molecule has 12 nitrogen and oxygen atoms in total. The third-order valence-corrected chi connectivity index (χ3v) is 3.43. The van der Waals surface area contributed by atoms with E-state index < -0.39 is 20.1 Å². The number of pyridine rings is 1. The molecule has 0 atom stereocenters. The molecule has 2 aromatic heterocycles. The Morgan fingerprint density at radius 3 is 1.90 bits per heavy atom. The maximum atomic E-state index is 10.9. The number of hydrogen-bond acceptors (Lipinski definition) is 9. The third-order valence-electron chi connectivity index (χ3n) is 3.43. The lowest BCUT2D eigenvalue weighted by Gasteiger charge is -2.17. The molecule has 0 unspecified atom stereocenters. The van der Waals surface area contributed by atoms with Crippen LogP contribution >= 0.6 is 0 Å². The zero-order chi connectivity index (χ0) is 22.3. The lowest BCUT2D eigenvalue weighted by molar-refractivity contribution is -2.00. The van der Waals surface area contributed by atoms with E-state index in [2.05, 4.69) is 0 Å². The highest BCUT2D eigenvalue weighted by Gasteiger charge is 2.21. The van der Waals surface area contributed by atoms with Crippen molar-refractivity contribution in [2.75, 3.05) is 0 Å². The van der Waals surface area contributed by atoms with Crippen LogP contribution < -0.4 is 23.2 Å². The van der Waals surface area contributed by atoms with Gasteiger partial charge < -0.3 is 4.42 Å². The van der Waals surface area contributed by atoms with Crippen molar-refractivity contribution in [1.82, 2.24) is 0 Å². The third kappa shape index (κ3) is 7.05. The summed E-state index contributed by atoms with van der Waals surface area (Å²) < 4.78 is 41.0. The molecule has 13 heteroatoms. The second kappa shape index (κ2) is 9.69. The van der Waals surface area contributed by atoms with E-state index in [1.54, 1.807) is 47.3 Å². The molecule has 30 heavy (non-hydrogen) atoms. The van der Waals surface area contributed by atoms with Gasteiger partial charge in [-0.2, -0.15) is 4.57 Å². The van der Waals surface area contributed by atoms with Crippen LogP contribution in [-0.4, -0.2) is 9.85 Å². The molecule has 0 N–H and O–H groups in total. The van der Waals surface area contributed by atoms with E-state index in [-0.39, 0.29) is 11.6 Å². The number of furan rings is 1. The predicted octanol–water partition coefficient (Wildman–Crippen LogP) is -1.33. The standard InChI is InChI=1S/C17H12N3O5.ClHO4/c21-19(22)14-6-4-13(5-7-14)12-15(18-10-2-1-3-11-18)16-8-9-17(25-16)20(23)24;2-1(3,4)5/h1-12H;(H,2,3,4,5)/q+1;/p-1/b15-12-;. The fraction of sp³-hybridized carbons (Fsp3) is 0. The molecule has 3 rings (SSSR count). The van der Waals surface area contributed by atoms with Gasteiger partial charge >= 0.3 is 5.88 Å². The average molecular weight is 438 g/mol. The molecule has 0 spiro atoms. The predicted molar refractivity (Wildman–Crippen MR) is 88.4 cm³/mol. The zero-order valence-electron chi connectivity index (χ0n) is 14.8. The van der Waals surface area contributed by atoms with Crippen molar-refractivity contribution >= 4 is 23.3 Å². The van der Waals surface area contributed by atoms with Crippen LogP contribution in [0.25, 0.3) is 11.8 Å². The molecule has 1 aromatic carbocycles. The van der Waals surface area contributed by atoms with Crippen molar-refractivity contribution in [2.24, 2.45) is 0 Å².